The second kappa shape index (κ2) is 8.21. The van der Waals surface area contributed by atoms with Crippen LogP contribution in [0.3, 0.4) is 0 Å². The number of para-hydroxylation sites is 3. The summed E-state index contributed by atoms with van der Waals surface area (Å²) in [6, 6.07) is 35.9. The minimum atomic E-state index is -0.191. The molecule has 7 aromatic rings. The number of fused-ring (bicyclic) bond motifs is 4. The van der Waals surface area contributed by atoms with Crippen molar-refractivity contribution < 1.29 is 8.83 Å². The fourth-order valence-electron chi connectivity index (χ4n) is 4.88. The number of hydrogen-bond donors (Lipinski definition) is 0. The molecule has 0 aliphatic heterocycles. The monoisotopic (exact) mass is 481 g/mol. The van der Waals surface area contributed by atoms with Gasteiger partial charge in [-0.3, -0.25) is 9.59 Å². The summed E-state index contributed by atoms with van der Waals surface area (Å²) in [5.74, 6) is 0. The summed E-state index contributed by atoms with van der Waals surface area (Å²) in [7, 11) is 0. The molecule has 2 heterocycles. The van der Waals surface area contributed by atoms with Crippen molar-refractivity contribution in [1.29, 1.82) is 0 Å². The largest absolute Gasteiger partial charge is 0.456 e. The summed E-state index contributed by atoms with van der Waals surface area (Å²) >= 11 is 0. The number of anilines is 3. The summed E-state index contributed by atoms with van der Waals surface area (Å²) in [6.07, 6.45) is 0. The van der Waals surface area contributed by atoms with Gasteiger partial charge in [0.1, 0.15) is 22.3 Å². The van der Waals surface area contributed by atoms with Gasteiger partial charge in [0.25, 0.3) is 0 Å². The first-order valence-electron chi connectivity index (χ1n) is 11.9. The molecule has 0 aliphatic carbocycles. The van der Waals surface area contributed by atoms with Crippen LogP contribution in [0.1, 0.15) is 0 Å². The molecule has 0 saturated carbocycles. The van der Waals surface area contributed by atoms with Crippen molar-refractivity contribution in [3.05, 3.63) is 136 Å². The maximum absolute atomic E-state index is 13.5. The Balaban J connectivity index is 1.48. The minimum Gasteiger partial charge on any atom is -0.456 e. The van der Waals surface area contributed by atoms with E-state index in [0.717, 1.165) is 17.1 Å². The lowest BCUT2D eigenvalue weighted by Gasteiger charge is -2.25. The van der Waals surface area contributed by atoms with E-state index in [9.17, 15) is 9.59 Å². The number of hydrogen-bond acceptors (Lipinski definition) is 5. The summed E-state index contributed by atoms with van der Waals surface area (Å²) in [4.78, 5) is 28.7. The lowest BCUT2D eigenvalue weighted by Crippen LogP contribution is -2.10. The van der Waals surface area contributed by atoms with Gasteiger partial charge in [0.2, 0.25) is 10.9 Å². The van der Waals surface area contributed by atoms with E-state index in [0.29, 0.717) is 43.9 Å². The first-order valence-corrected chi connectivity index (χ1v) is 11.9. The van der Waals surface area contributed by atoms with Gasteiger partial charge in [0.15, 0.2) is 0 Å². The molecule has 5 aromatic carbocycles. The predicted molar refractivity (Wildman–Crippen MR) is 148 cm³/mol. The molecular weight excluding hydrogens is 462 g/mol. The Bertz CT molecular complexity index is 2040. The molecular formula is C32H19NO4. The number of rotatable bonds is 3. The van der Waals surface area contributed by atoms with Crippen molar-refractivity contribution >= 4 is 60.9 Å². The second-order valence-electron chi connectivity index (χ2n) is 8.89. The molecule has 0 unspecified atom stereocenters. The van der Waals surface area contributed by atoms with Crippen molar-refractivity contribution in [2.75, 3.05) is 4.90 Å². The Morgan fingerprint density at radius 1 is 0.405 bits per heavy atom. The Hall–Kier alpha value is -5.16. The average molecular weight is 482 g/mol. The highest BCUT2D eigenvalue weighted by atomic mass is 16.3. The van der Waals surface area contributed by atoms with Crippen molar-refractivity contribution in [2.24, 2.45) is 0 Å². The molecule has 37 heavy (non-hydrogen) atoms. The van der Waals surface area contributed by atoms with Crippen LogP contribution >= 0.6 is 0 Å². The highest BCUT2D eigenvalue weighted by molar-refractivity contribution is 6.00. The van der Waals surface area contributed by atoms with E-state index in [2.05, 4.69) is 4.90 Å². The van der Waals surface area contributed by atoms with Crippen LogP contribution < -0.4 is 15.8 Å². The van der Waals surface area contributed by atoms with Gasteiger partial charge in [-0.05, 0) is 54.6 Å². The molecule has 176 valence electrons. The molecule has 0 aliphatic rings. The topological polar surface area (TPSA) is 63.7 Å². The molecule has 0 amide bonds. The fourth-order valence-corrected chi connectivity index (χ4v) is 4.88. The second-order valence-corrected chi connectivity index (χ2v) is 8.89. The van der Waals surface area contributed by atoms with Gasteiger partial charge < -0.3 is 13.7 Å². The van der Waals surface area contributed by atoms with E-state index in [1.807, 2.05) is 78.9 Å². The van der Waals surface area contributed by atoms with Crippen LogP contribution in [0.25, 0.3) is 43.9 Å². The summed E-state index contributed by atoms with van der Waals surface area (Å²) in [5, 5.41) is 1.63. The van der Waals surface area contributed by atoms with E-state index in [1.165, 1.54) is 0 Å². The van der Waals surface area contributed by atoms with E-state index in [1.54, 1.807) is 36.4 Å². The molecule has 5 heteroatoms. The molecule has 2 aromatic heterocycles. The Kier molecular flexibility index (Phi) is 4.69. The number of benzene rings is 5. The Morgan fingerprint density at radius 2 is 0.919 bits per heavy atom. The van der Waals surface area contributed by atoms with Gasteiger partial charge in [-0.1, -0.05) is 48.5 Å². The smallest absolute Gasteiger partial charge is 0.200 e. The Labute approximate surface area is 210 Å². The van der Waals surface area contributed by atoms with Crippen LogP contribution in [-0.2, 0) is 0 Å². The van der Waals surface area contributed by atoms with Gasteiger partial charge >= 0.3 is 0 Å². The zero-order valence-electron chi connectivity index (χ0n) is 19.5. The highest BCUT2D eigenvalue weighted by Gasteiger charge is 2.17. The normalized spacial score (nSPS) is 11.5. The summed E-state index contributed by atoms with van der Waals surface area (Å²) in [5.41, 5.74) is 4.15. The summed E-state index contributed by atoms with van der Waals surface area (Å²) in [6.45, 7) is 0. The van der Waals surface area contributed by atoms with E-state index in [-0.39, 0.29) is 10.9 Å². The average Bonchev–Trinajstić information content (AvgIpc) is 2.94. The molecule has 7 rings (SSSR count). The molecule has 0 radical (unpaired) electrons. The first kappa shape index (κ1) is 21.1. The SMILES string of the molecule is O=c1c2ccccc2oc2cc3oc4cc(N(c5ccccc5)c5ccccc5)ccc4c(=O)c3cc12. The Morgan fingerprint density at radius 3 is 1.57 bits per heavy atom. The minimum absolute atomic E-state index is 0.171. The van der Waals surface area contributed by atoms with Crippen molar-refractivity contribution in [3.63, 3.8) is 0 Å². The van der Waals surface area contributed by atoms with Gasteiger partial charge in [-0.2, -0.15) is 0 Å². The third-order valence-corrected chi connectivity index (χ3v) is 6.64. The third-order valence-electron chi connectivity index (χ3n) is 6.64. The van der Waals surface area contributed by atoms with E-state index < -0.39 is 0 Å². The van der Waals surface area contributed by atoms with Crippen molar-refractivity contribution in [2.45, 2.75) is 0 Å². The molecule has 5 nitrogen and oxygen atoms in total. The molecule has 0 spiro atoms. The standard InChI is InChI=1S/C32H19NO4/c34-31-23-13-7-8-14-27(23)36-29-19-30-26(18-25(29)31)32(35)24-16-15-22(17-28(24)37-30)33(20-9-3-1-4-10-20)21-11-5-2-6-12-21/h1-19H. The maximum Gasteiger partial charge on any atom is 0.200 e. The lowest BCUT2D eigenvalue weighted by molar-refractivity contribution is 0.646. The number of nitrogens with zero attached hydrogens (tertiary/aromatic N) is 1. The third kappa shape index (κ3) is 3.40. The highest BCUT2D eigenvalue weighted by Crippen LogP contribution is 2.36. The van der Waals surface area contributed by atoms with Gasteiger partial charge in [0, 0.05) is 29.2 Å². The van der Waals surface area contributed by atoms with Gasteiger partial charge in [-0.15, -0.1) is 0 Å². The van der Waals surface area contributed by atoms with Crippen LogP contribution in [0, 0.1) is 0 Å². The van der Waals surface area contributed by atoms with Crippen LogP contribution in [-0.4, -0.2) is 0 Å². The van der Waals surface area contributed by atoms with Gasteiger partial charge in [-0.25, -0.2) is 0 Å². The van der Waals surface area contributed by atoms with Crippen LogP contribution in [0.4, 0.5) is 17.1 Å². The maximum atomic E-state index is 13.5. The first-order chi connectivity index (χ1) is 18.2. The van der Waals surface area contributed by atoms with Crippen LogP contribution in [0.15, 0.2) is 134 Å². The fraction of sp³-hybridized carbons (Fsp3) is 0. The van der Waals surface area contributed by atoms with Crippen molar-refractivity contribution in [1.82, 2.24) is 0 Å². The lowest BCUT2D eigenvalue weighted by atomic mass is 10.1. The molecule has 0 atom stereocenters. The quantitative estimate of drug-likeness (QED) is 0.242. The van der Waals surface area contributed by atoms with Crippen LogP contribution in [0.5, 0.6) is 0 Å². The van der Waals surface area contributed by atoms with Gasteiger partial charge in [0.05, 0.1) is 21.5 Å². The zero-order valence-corrected chi connectivity index (χ0v) is 19.5. The zero-order chi connectivity index (χ0) is 24.9. The van der Waals surface area contributed by atoms with Crippen molar-refractivity contribution in [3.8, 4) is 0 Å². The summed E-state index contributed by atoms with van der Waals surface area (Å²) < 4.78 is 12.3. The van der Waals surface area contributed by atoms with E-state index in [4.69, 9.17) is 8.83 Å². The molecule has 0 bridgehead atoms. The van der Waals surface area contributed by atoms with E-state index >= 15 is 0 Å². The predicted octanol–water partition coefficient (Wildman–Crippen LogP) is 7.68. The molecule has 0 fully saturated rings. The van der Waals surface area contributed by atoms with Crippen LogP contribution in [0.2, 0.25) is 0 Å². The molecule has 0 saturated heterocycles. The molecule has 0 N–H and O–H groups in total.